The van der Waals surface area contributed by atoms with Crippen molar-refractivity contribution in [3.05, 3.63) is 60.2 Å². The van der Waals surface area contributed by atoms with Crippen molar-refractivity contribution in [2.24, 2.45) is 0 Å². The first kappa shape index (κ1) is 23.7. The summed E-state index contributed by atoms with van der Waals surface area (Å²) in [6.07, 6.45) is -2.33. The van der Waals surface area contributed by atoms with Crippen LogP contribution in [-0.2, 0) is 29.4 Å². The molecular formula is C22H25F3O5. The number of allylic oxidation sites excluding steroid dienone is 3. The first-order valence-electron chi connectivity index (χ1n) is 9.50. The van der Waals surface area contributed by atoms with Gasteiger partial charge in [0.25, 0.3) is 5.60 Å². The van der Waals surface area contributed by atoms with E-state index in [2.05, 4.69) is 6.58 Å². The van der Waals surface area contributed by atoms with Crippen LogP contribution in [-0.4, -0.2) is 37.4 Å². The smallest absolute Gasteiger partial charge is 0.432 e. The lowest BCUT2D eigenvalue weighted by Gasteiger charge is -2.35. The molecule has 1 heterocycles. The lowest BCUT2D eigenvalue weighted by molar-refractivity contribution is -0.279. The van der Waals surface area contributed by atoms with Gasteiger partial charge < -0.3 is 14.2 Å². The summed E-state index contributed by atoms with van der Waals surface area (Å²) >= 11 is 0. The molecule has 0 spiro atoms. The third kappa shape index (κ3) is 5.30. The summed E-state index contributed by atoms with van der Waals surface area (Å²) < 4.78 is 57.0. The summed E-state index contributed by atoms with van der Waals surface area (Å²) in [6, 6.07) is 6.55. The zero-order chi connectivity index (χ0) is 22.4. The SMILES string of the molecule is C=C/C=C(\C)CC[C@@H]1C[C@H](OC(=O)[C@@](OC)(c2ccccc2)C(F)(F)F)CC(=O)O1. The van der Waals surface area contributed by atoms with Gasteiger partial charge in [0.05, 0.1) is 6.42 Å². The molecule has 1 aromatic rings. The van der Waals surface area contributed by atoms with E-state index in [1.807, 2.05) is 13.0 Å². The molecule has 2 rings (SSSR count). The normalized spacial score (nSPS) is 22.0. The third-order valence-electron chi connectivity index (χ3n) is 4.93. The number of esters is 2. The number of benzene rings is 1. The van der Waals surface area contributed by atoms with Crippen molar-refractivity contribution in [3.63, 3.8) is 0 Å². The monoisotopic (exact) mass is 426 g/mol. The fraction of sp³-hybridized carbons (Fsp3) is 0.455. The fourth-order valence-electron chi connectivity index (χ4n) is 3.41. The summed E-state index contributed by atoms with van der Waals surface area (Å²) in [5.74, 6) is -2.23. The number of alkyl halides is 3. The molecule has 0 bridgehead atoms. The van der Waals surface area contributed by atoms with Gasteiger partial charge in [0.15, 0.2) is 0 Å². The first-order valence-corrected chi connectivity index (χ1v) is 9.50. The number of cyclic esters (lactones) is 1. The van der Waals surface area contributed by atoms with Crippen LogP contribution in [0.3, 0.4) is 0 Å². The minimum absolute atomic E-state index is 0.116. The molecule has 30 heavy (non-hydrogen) atoms. The highest BCUT2D eigenvalue weighted by Crippen LogP contribution is 2.43. The Morgan fingerprint density at radius 2 is 1.97 bits per heavy atom. The van der Waals surface area contributed by atoms with E-state index in [9.17, 15) is 22.8 Å². The van der Waals surface area contributed by atoms with Crippen LogP contribution in [0.2, 0.25) is 0 Å². The minimum atomic E-state index is -5.07. The largest absolute Gasteiger partial charge is 0.462 e. The quantitative estimate of drug-likeness (QED) is 0.448. The maximum Gasteiger partial charge on any atom is 0.432 e. The van der Waals surface area contributed by atoms with Crippen LogP contribution in [0.25, 0.3) is 0 Å². The maximum absolute atomic E-state index is 14.0. The van der Waals surface area contributed by atoms with Crippen LogP contribution in [0.1, 0.15) is 38.2 Å². The molecule has 0 N–H and O–H groups in total. The van der Waals surface area contributed by atoms with E-state index in [-0.39, 0.29) is 12.8 Å². The Labute approximate surface area is 173 Å². The predicted octanol–water partition coefficient (Wildman–Crippen LogP) is 4.62. The molecule has 5 nitrogen and oxygen atoms in total. The summed E-state index contributed by atoms with van der Waals surface area (Å²) in [5, 5.41) is 0. The van der Waals surface area contributed by atoms with Crippen molar-refractivity contribution >= 4 is 11.9 Å². The molecular weight excluding hydrogens is 401 g/mol. The van der Waals surface area contributed by atoms with Crippen LogP contribution in [0.15, 0.2) is 54.6 Å². The fourth-order valence-corrected chi connectivity index (χ4v) is 3.41. The van der Waals surface area contributed by atoms with Gasteiger partial charge >= 0.3 is 18.1 Å². The van der Waals surface area contributed by atoms with Crippen molar-refractivity contribution in [1.82, 2.24) is 0 Å². The van der Waals surface area contributed by atoms with Crippen molar-refractivity contribution in [2.45, 2.75) is 56.6 Å². The zero-order valence-corrected chi connectivity index (χ0v) is 16.9. The van der Waals surface area contributed by atoms with E-state index >= 15 is 0 Å². The Kier molecular flexibility index (Phi) is 7.83. The van der Waals surface area contributed by atoms with Gasteiger partial charge in [-0.25, -0.2) is 4.79 Å². The molecule has 0 radical (unpaired) electrons. The molecule has 1 aliphatic heterocycles. The molecule has 8 heteroatoms. The summed E-state index contributed by atoms with van der Waals surface area (Å²) in [4.78, 5) is 24.7. The van der Waals surface area contributed by atoms with Gasteiger partial charge in [-0.2, -0.15) is 13.2 Å². The number of carbonyl (C=O) groups is 2. The van der Waals surface area contributed by atoms with Gasteiger partial charge in [0.2, 0.25) is 0 Å². The van der Waals surface area contributed by atoms with Crippen molar-refractivity contribution in [3.8, 4) is 0 Å². The van der Waals surface area contributed by atoms with Gasteiger partial charge in [-0.15, -0.1) is 0 Å². The number of carbonyl (C=O) groups excluding carboxylic acids is 2. The lowest BCUT2D eigenvalue weighted by Crippen LogP contribution is -2.53. The van der Waals surface area contributed by atoms with E-state index in [1.165, 1.54) is 18.2 Å². The summed E-state index contributed by atoms with van der Waals surface area (Å²) in [7, 11) is 0.800. The highest BCUT2D eigenvalue weighted by atomic mass is 19.4. The molecule has 0 unspecified atom stereocenters. The average Bonchev–Trinajstić information content (AvgIpc) is 2.67. The number of hydrogen-bond donors (Lipinski definition) is 0. The van der Waals surface area contributed by atoms with Gasteiger partial charge in [-0.1, -0.05) is 54.6 Å². The van der Waals surface area contributed by atoms with Crippen molar-refractivity contribution in [1.29, 1.82) is 0 Å². The molecule has 1 aliphatic rings. The second kappa shape index (κ2) is 9.93. The highest BCUT2D eigenvalue weighted by Gasteiger charge is 2.64. The molecule has 0 saturated carbocycles. The van der Waals surface area contributed by atoms with E-state index in [0.29, 0.717) is 12.8 Å². The van der Waals surface area contributed by atoms with E-state index < -0.39 is 41.5 Å². The van der Waals surface area contributed by atoms with Crippen LogP contribution in [0.4, 0.5) is 13.2 Å². The maximum atomic E-state index is 14.0. The van der Waals surface area contributed by atoms with Gasteiger partial charge in [-0.05, 0) is 19.8 Å². The third-order valence-corrected chi connectivity index (χ3v) is 4.93. The highest BCUT2D eigenvalue weighted by molar-refractivity contribution is 5.83. The first-order chi connectivity index (χ1) is 14.1. The van der Waals surface area contributed by atoms with Crippen molar-refractivity contribution in [2.75, 3.05) is 7.11 Å². The molecule has 1 saturated heterocycles. The van der Waals surface area contributed by atoms with Gasteiger partial charge in [0, 0.05) is 19.1 Å². The topological polar surface area (TPSA) is 61.8 Å². The Morgan fingerprint density at radius 1 is 1.30 bits per heavy atom. The van der Waals surface area contributed by atoms with E-state index in [0.717, 1.165) is 24.8 Å². The number of hydrogen-bond acceptors (Lipinski definition) is 5. The molecule has 0 aromatic heterocycles. The Hall–Kier alpha value is -2.61. The molecule has 164 valence electrons. The Morgan fingerprint density at radius 3 is 2.53 bits per heavy atom. The number of halogens is 3. The molecule has 0 amide bonds. The van der Waals surface area contributed by atoms with E-state index in [4.69, 9.17) is 14.2 Å². The number of ether oxygens (including phenoxy) is 3. The Balaban J connectivity index is 2.19. The molecule has 0 aliphatic carbocycles. The second-order valence-electron chi connectivity index (χ2n) is 7.12. The lowest BCUT2D eigenvalue weighted by atomic mass is 9.92. The molecule has 1 aromatic carbocycles. The minimum Gasteiger partial charge on any atom is -0.462 e. The summed E-state index contributed by atoms with van der Waals surface area (Å²) in [5.41, 5.74) is -2.67. The van der Waals surface area contributed by atoms with Crippen molar-refractivity contribution < 1.29 is 37.0 Å². The number of methoxy groups -OCH3 is 1. The van der Waals surface area contributed by atoms with Crippen LogP contribution in [0.5, 0.6) is 0 Å². The molecule has 3 atom stereocenters. The number of rotatable bonds is 8. The zero-order valence-electron chi connectivity index (χ0n) is 16.9. The van der Waals surface area contributed by atoms with E-state index in [1.54, 1.807) is 6.08 Å². The average molecular weight is 426 g/mol. The van der Waals surface area contributed by atoms with Crippen LogP contribution in [0, 0.1) is 0 Å². The van der Waals surface area contributed by atoms with Crippen LogP contribution < -0.4 is 0 Å². The summed E-state index contributed by atoms with van der Waals surface area (Å²) in [6.45, 7) is 5.49. The molecule has 1 fully saturated rings. The van der Waals surface area contributed by atoms with Gasteiger partial charge in [0.1, 0.15) is 12.2 Å². The predicted molar refractivity (Wildman–Crippen MR) is 103 cm³/mol. The second-order valence-corrected chi connectivity index (χ2v) is 7.12. The Bertz CT molecular complexity index is 788. The standard InChI is InChI=1S/C22H25F3O5/c1-4-8-15(2)11-12-17-13-18(14-19(26)29-17)30-20(27)21(28-3,22(23,24)25)16-9-6-5-7-10-16/h4-10,17-18H,1,11-14H2,2-3H3/b15-8+/t17-,18+,21+/m1/s1. The van der Waals surface area contributed by atoms with Crippen LogP contribution >= 0.6 is 0 Å². The van der Waals surface area contributed by atoms with Gasteiger partial charge in [-0.3, -0.25) is 4.79 Å².